The average Bonchev–Trinajstić information content (AvgIpc) is 2.82. The number of rotatable bonds is 8. The van der Waals surface area contributed by atoms with Crippen LogP contribution >= 0.6 is 0 Å². The Balaban J connectivity index is 0.000000213. The van der Waals surface area contributed by atoms with Crippen molar-refractivity contribution in [2.45, 2.75) is 0 Å². The van der Waals surface area contributed by atoms with Gasteiger partial charge in [-0.25, -0.2) is 0 Å². The van der Waals surface area contributed by atoms with Crippen molar-refractivity contribution in [3.05, 3.63) is 157 Å². The van der Waals surface area contributed by atoms with Crippen LogP contribution in [0, 0.1) is 26.2 Å². The molecule has 0 saturated heterocycles. The quantitative estimate of drug-likeness (QED) is 0.372. The summed E-state index contributed by atoms with van der Waals surface area (Å²) in [6.07, 6.45) is 6.95. The van der Waals surface area contributed by atoms with Gasteiger partial charge in [0.1, 0.15) is 0 Å². The predicted octanol–water partition coefficient (Wildman–Crippen LogP) is 5.14. The Kier molecular flexibility index (Phi) is 11.7. The largest absolute Gasteiger partial charge is 2.00 e. The third kappa shape index (κ3) is 10.1. The standard InChI is InChI=1S/2C12H10N3.Co/c2*1-3-7-14-11(5-1)9-13-10-12-6-2-4-8-15-12;/h2*1-10H;/q2*-1;+2. The Bertz CT molecular complexity index is 781. The molecular weight excluding hydrogens is 431 g/mol. The first-order valence-corrected chi connectivity index (χ1v) is 9.27. The van der Waals surface area contributed by atoms with Crippen LogP contribution < -0.4 is 0 Å². The zero-order valence-electron chi connectivity index (χ0n) is 16.6. The zero-order chi connectivity index (χ0) is 20.7. The van der Waals surface area contributed by atoms with Crippen molar-refractivity contribution in [1.82, 2.24) is 19.9 Å². The fraction of sp³-hybridized carbons (Fsp3) is 0. The smallest absolute Gasteiger partial charge is 0.648 e. The fourth-order valence-electron chi connectivity index (χ4n) is 2.19. The molecule has 0 spiro atoms. The maximum Gasteiger partial charge on any atom is 2.00 e. The van der Waals surface area contributed by atoms with Gasteiger partial charge in [-0.3, -0.25) is 19.9 Å². The molecule has 0 amide bonds. The van der Waals surface area contributed by atoms with Crippen molar-refractivity contribution in [3.63, 3.8) is 0 Å². The van der Waals surface area contributed by atoms with E-state index in [1.54, 1.807) is 51.0 Å². The minimum absolute atomic E-state index is 0. The van der Waals surface area contributed by atoms with Crippen LogP contribution in [-0.4, -0.2) is 19.9 Å². The van der Waals surface area contributed by atoms with Gasteiger partial charge in [0.25, 0.3) is 0 Å². The van der Waals surface area contributed by atoms with Crippen LogP contribution in [-0.2, 0) is 16.8 Å². The molecule has 0 bridgehead atoms. The minimum Gasteiger partial charge on any atom is -0.648 e. The first kappa shape index (κ1) is 24.3. The van der Waals surface area contributed by atoms with Crippen molar-refractivity contribution in [2.75, 3.05) is 0 Å². The molecule has 155 valence electrons. The molecule has 0 atom stereocenters. The summed E-state index contributed by atoms with van der Waals surface area (Å²) in [5.41, 5.74) is 3.35. The number of nitrogens with zero attached hydrogens (tertiary/aromatic N) is 6. The topological polar surface area (TPSA) is 79.8 Å². The number of hydrogen-bond donors (Lipinski definition) is 0. The van der Waals surface area contributed by atoms with E-state index in [1.807, 2.05) is 72.8 Å². The van der Waals surface area contributed by atoms with E-state index in [0.29, 0.717) is 0 Å². The third-order valence-electron chi connectivity index (χ3n) is 3.58. The van der Waals surface area contributed by atoms with Crippen LogP contribution in [0.2, 0.25) is 0 Å². The molecule has 0 fully saturated rings. The third-order valence-corrected chi connectivity index (χ3v) is 3.58. The van der Waals surface area contributed by atoms with E-state index in [1.165, 1.54) is 0 Å². The van der Waals surface area contributed by atoms with Crippen LogP contribution in [0.15, 0.2) is 97.6 Å². The van der Waals surface area contributed by atoms with Crippen LogP contribution in [0.25, 0.3) is 10.6 Å². The number of aromatic nitrogens is 4. The summed E-state index contributed by atoms with van der Waals surface area (Å²) < 4.78 is 0. The molecule has 0 aliphatic heterocycles. The summed E-state index contributed by atoms with van der Waals surface area (Å²) in [6, 6.07) is 22.8. The Labute approximate surface area is 193 Å². The molecule has 4 rings (SSSR count). The molecular formula is C24H20CoN6. The number of hydrogen-bond acceptors (Lipinski definition) is 4. The summed E-state index contributed by atoms with van der Waals surface area (Å²) in [7, 11) is 0. The van der Waals surface area contributed by atoms with E-state index >= 15 is 0 Å². The van der Waals surface area contributed by atoms with E-state index in [0.717, 1.165) is 22.8 Å². The van der Waals surface area contributed by atoms with Gasteiger partial charge >= 0.3 is 16.8 Å². The van der Waals surface area contributed by atoms with Gasteiger partial charge in [-0.2, -0.15) is 0 Å². The van der Waals surface area contributed by atoms with Crippen molar-refractivity contribution < 1.29 is 16.8 Å². The van der Waals surface area contributed by atoms with E-state index in [4.69, 9.17) is 0 Å². The van der Waals surface area contributed by atoms with Crippen LogP contribution in [0.5, 0.6) is 0 Å². The van der Waals surface area contributed by atoms with Crippen LogP contribution in [0.4, 0.5) is 0 Å². The Morgan fingerprint density at radius 3 is 0.871 bits per heavy atom. The molecule has 6 nitrogen and oxygen atoms in total. The van der Waals surface area contributed by atoms with Gasteiger partial charge in [0.05, 0.1) is 0 Å². The first-order valence-electron chi connectivity index (χ1n) is 9.27. The Morgan fingerprint density at radius 2 is 0.677 bits per heavy atom. The Morgan fingerprint density at radius 1 is 0.419 bits per heavy atom. The molecule has 0 unspecified atom stereocenters. The summed E-state index contributed by atoms with van der Waals surface area (Å²) in [6.45, 7) is 6.81. The molecule has 0 aliphatic rings. The fourth-order valence-corrected chi connectivity index (χ4v) is 2.19. The molecule has 4 aromatic rings. The monoisotopic (exact) mass is 451 g/mol. The van der Waals surface area contributed by atoms with Gasteiger partial charge in [-0.15, -0.1) is 26.2 Å². The maximum atomic E-state index is 4.14. The molecule has 0 aliphatic carbocycles. The van der Waals surface area contributed by atoms with Crippen molar-refractivity contribution in [1.29, 1.82) is 0 Å². The van der Waals surface area contributed by atoms with E-state index in [9.17, 15) is 0 Å². The summed E-state index contributed by atoms with van der Waals surface area (Å²) in [4.78, 5) is 16.5. The van der Waals surface area contributed by atoms with Crippen molar-refractivity contribution in [2.24, 2.45) is 0 Å². The second-order valence-corrected chi connectivity index (χ2v) is 5.83. The van der Waals surface area contributed by atoms with E-state index in [-0.39, 0.29) is 16.8 Å². The van der Waals surface area contributed by atoms with E-state index in [2.05, 4.69) is 30.6 Å². The SMILES string of the molecule is [CH]([N-][CH]c1ccccn1)c1ccccn1.[CH]([N-][CH]c1ccccn1)c1ccccn1.[Co+2]. The van der Waals surface area contributed by atoms with Gasteiger partial charge in [-0.05, 0) is 48.5 Å². The normalized spacial score (nSPS) is 9.81. The second-order valence-electron chi connectivity index (χ2n) is 5.83. The average molecular weight is 451 g/mol. The molecule has 31 heavy (non-hydrogen) atoms. The van der Waals surface area contributed by atoms with Crippen LogP contribution in [0.3, 0.4) is 0 Å². The maximum absolute atomic E-state index is 4.14. The Hall–Kier alpha value is -2.97. The van der Waals surface area contributed by atoms with Crippen molar-refractivity contribution >= 4 is 0 Å². The number of pyridine rings is 4. The molecule has 0 saturated carbocycles. The van der Waals surface area contributed by atoms with Crippen molar-refractivity contribution in [3.8, 4) is 0 Å². The van der Waals surface area contributed by atoms with E-state index < -0.39 is 0 Å². The summed E-state index contributed by atoms with van der Waals surface area (Å²) in [5.74, 6) is 0. The molecule has 4 heterocycles. The molecule has 0 N–H and O–H groups in total. The van der Waals surface area contributed by atoms with Gasteiger partial charge in [0, 0.05) is 47.6 Å². The second kappa shape index (κ2) is 14.9. The van der Waals surface area contributed by atoms with Gasteiger partial charge < -0.3 is 10.6 Å². The molecule has 4 aromatic heterocycles. The molecule has 5 radical (unpaired) electrons. The van der Waals surface area contributed by atoms with Crippen LogP contribution in [0.1, 0.15) is 22.8 Å². The zero-order valence-corrected chi connectivity index (χ0v) is 17.6. The van der Waals surface area contributed by atoms with Gasteiger partial charge in [0.2, 0.25) is 0 Å². The molecule has 7 heteroatoms. The first-order chi connectivity index (χ1) is 14.9. The molecule has 0 aromatic carbocycles. The van der Waals surface area contributed by atoms with Gasteiger partial charge in [-0.1, -0.05) is 24.3 Å². The summed E-state index contributed by atoms with van der Waals surface area (Å²) in [5, 5.41) is 8.27. The predicted molar refractivity (Wildman–Crippen MR) is 117 cm³/mol. The van der Waals surface area contributed by atoms with Gasteiger partial charge in [0.15, 0.2) is 0 Å². The summed E-state index contributed by atoms with van der Waals surface area (Å²) >= 11 is 0. The minimum atomic E-state index is 0.